The van der Waals surface area contributed by atoms with Gasteiger partial charge in [-0.3, -0.25) is 0 Å². The Balaban J connectivity index is 2.70. The fourth-order valence-electron chi connectivity index (χ4n) is 1.13. The average molecular weight is 153 g/mol. The largest absolute Gasteiger partial charge is 0.395 e. The van der Waals surface area contributed by atoms with Gasteiger partial charge in [0.15, 0.2) is 0 Å². The summed E-state index contributed by atoms with van der Waals surface area (Å²) in [7, 11) is 0. The third-order valence-corrected chi connectivity index (χ3v) is 2.22. The van der Waals surface area contributed by atoms with Crippen LogP contribution in [0.15, 0.2) is 0 Å². The number of alkyl halides is 3. The van der Waals surface area contributed by atoms with E-state index in [4.69, 9.17) is 5.73 Å². The van der Waals surface area contributed by atoms with Crippen molar-refractivity contribution in [1.29, 1.82) is 0 Å². The summed E-state index contributed by atoms with van der Waals surface area (Å²) in [5.41, 5.74) is 3.66. The smallest absolute Gasteiger partial charge is 0.327 e. The maximum atomic E-state index is 12.1. The molecule has 0 aromatic rings. The molecule has 10 heavy (non-hydrogen) atoms. The van der Waals surface area contributed by atoms with Crippen LogP contribution in [0.3, 0.4) is 0 Å². The second-order valence-electron chi connectivity index (χ2n) is 2.94. The molecule has 0 aromatic heterocycles. The van der Waals surface area contributed by atoms with Crippen molar-refractivity contribution in [2.75, 3.05) is 0 Å². The molecule has 4 heteroatoms. The third-order valence-electron chi connectivity index (χ3n) is 2.22. The van der Waals surface area contributed by atoms with E-state index < -0.39 is 17.6 Å². The molecule has 0 aromatic carbocycles. The van der Waals surface area contributed by atoms with E-state index in [0.29, 0.717) is 0 Å². The second kappa shape index (κ2) is 1.87. The van der Waals surface area contributed by atoms with Gasteiger partial charge >= 0.3 is 6.18 Å². The fourth-order valence-corrected chi connectivity index (χ4v) is 1.13. The molecule has 1 saturated carbocycles. The van der Waals surface area contributed by atoms with Gasteiger partial charge < -0.3 is 5.73 Å². The first-order chi connectivity index (χ1) is 4.40. The summed E-state index contributed by atoms with van der Waals surface area (Å²) in [4.78, 5) is 0. The van der Waals surface area contributed by atoms with Crippen molar-refractivity contribution in [2.45, 2.75) is 32.0 Å². The van der Waals surface area contributed by atoms with Crippen molar-refractivity contribution in [1.82, 2.24) is 0 Å². The first kappa shape index (κ1) is 7.85. The van der Waals surface area contributed by atoms with Crippen LogP contribution in [0.25, 0.3) is 0 Å². The molecule has 0 amide bonds. The van der Waals surface area contributed by atoms with Gasteiger partial charge in [-0.25, -0.2) is 0 Å². The van der Waals surface area contributed by atoms with E-state index in [9.17, 15) is 13.2 Å². The molecule has 1 atom stereocenters. The standard InChI is InChI=1S/C6H10F3N/c1-4(10)5(2-3-5)6(7,8)9/h4H,2-3,10H2,1H3. The second-order valence-corrected chi connectivity index (χ2v) is 2.94. The van der Waals surface area contributed by atoms with Gasteiger partial charge in [0, 0.05) is 6.04 Å². The zero-order valence-corrected chi connectivity index (χ0v) is 5.70. The van der Waals surface area contributed by atoms with E-state index in [1.54, 1.807) is 0 Å². The average Bonchev–Trinajstić information content (AvgIpc) is 2.36. The molecule has 1 aliphatic rings. The van der Waals surface area contributed by atoms with Crippen LogP contribution in [0.1, 0.15) is 19.8 Å². The molecule has 60 valence electrons. The maximum absolute atomic E-state index is 12.1. The zero-order valence-electron chi connectivity index (χ0n) is 5.70. The molecule has 0 saturated heterocycles. The van der Waals surface area contributed by atoms with Crippen LogP contribution < -0.4 is 5.73 Å². The quantitative estimate of drug-likeness (QED) is 0.609. The number of hydrogen-bond acceptors (Lipinski definition) is 1. The first-order valence-corrected chi connectivity index (χ1v) is 3.22. The van der Waals surface area contributed by atoms with E-state index in [0.717, 1.165) is 0 Å². The molecule has 0 radical (unpaired) electrons. The Morgan fingerprint density at radius 3 is 1.80 bits per heavy atom. The minimum absolute atomic E-state index is 0.203. The first-order valence-electron chi connectivity index (χ1n) is 3.22. The molecule has 1 rings (SSSR count). The van der Waals surface area contributed by atoms with Crippen LogP contribution in [0.4, 0.5) is 13.2 Å². The van der Waals surface area contributed by atoms with Crippen LogP contribution in [-0.4, -0.2) is 12.2 Å². The lowest BCUT2D eigenvalue weighted by Gasteiger charge is -2.22. The van der Waals surface area contributed by atoms with E-state index in [2.05, 4.69) is 0 Å². The minimum atomic E-state index is -4.10. The SMILES string of the molecule is CC(N)C1(C(F)(F)F)CC1. The summed E-state index contributed by atoms with van der Waals surface area (Å²) in [5.74, 6) is 0. The normalized spacial score (nSPS) is 26.1. The Hall–Kier alpha value is -0.250. The lowest BCUT2D eigenvalue weighted by atomic mass is 9.98. The highest BCUT2D eigenvalue weighted by atomic mass is 19.4. The van der Waals surface area contributed by atoms with Crippen molar-refractivity contribution >= 4 is 0 Å². The molecule has 1 aliphatic carbocycles. The van der Waals surface area contributed by atoms with E-state index >= 15 is 0 Å². The Morgan fingerprint density at radius 1 is 1.40 bits per heavy atom. The van der Waals surface area contributed by atoms with Gasteiger partial charge in [0.1, 0.15) is 0 Å². The number of halogens is 3. The summed E-state index contributed by atoms with van der Waals surface area (Å²) in [6.07, 6.45) is -3.69. The molecule has 0 aliphatic heterocycles. The molecule has 1 unspecified atom stereocenters. The van der Waals surface area contributed by atoms with Gasteiger partial charge in [0.2, 0.25) is 0 Å². The van der Waals surface area contributed by atoms with Gasteiger partial charge in [-0.2, -0.15) is 13.2 Å². The van der Waals surface area contributed by atoms with Crippen LogP contribution >= 0.6 is 0 Å². The Kier molecular flexibility index (Phi) is 1.47. The molecular formula is C6H10F3N. The van der Waals surface area contributed by atoms with Gasteiger partial charge in [0.05, 0.1) is 5.41 Å². The maximum Gasteiger partial charge on any atom is 0.395 e. The van der Waals surface area contributed by atoms with Gasteiger partial charge in [-0.1, -0.05) is 0 Å². The third kappa shape index (κ3) is 0.905. The summed E-state index contributed by atoms with van der Waals surface area (Å²) in [5, 5.41) is 0. The van der Waals surface area contributed by atoms with Crippen LogP contribution in [0.5, 0.6) is 0 Å². The molecule has 0 bridgehead atoms. The Bertz CT molecular complexity index is 134. The summed E-state index contributed by atoms with van der Waals surface area (Å²) >= 11 is 0. The molecule has 1 nitrogen and oxygen atoms in total. The predicted molar refractivity (Wildman–Crippen MR) is 31.4 cm³/mol. The van der Waals surface area contributed by atoms with Crippen LogP contribution in [0, 0.1) is 5.41 Å². The summed E-state index contributed by atoms with van der Waals surface area (Å²) in [6.45, 7) is 1.42. The molecule has 0 spiro atoms. The Labute approximate surface area is 57.4 Å². The van der Waals surface area contributed by atoms with E-state index in [1.807, 2.05) is 0 Å². The topological polar surface area (TPSA) is 26.0 Å². The molecule has 1 fully saturated rings. The predicted octanol–water partition coefficient (Wildman–Crippen LogP) is 1.68. The van der Waals surface area contributed by atoms with Gasteiger partial charge in [-0.05, 0) is 19.8 Å². The number of hydrogen-bond donors (Lipinski definition) is 1. The lowest BCUT2D eigenvalue weighted by Crippen LogP contribution is -2.39. The van der Waals surface area contributed by atoms with Crippen LogP contribution in [-0.2, 0) is 0 Å². The highest BCUT2D eigenvalue weighted by Crippen LogP contribution is 2.59. The van der Waals surface area contributed by atoms with Crippen LogP contribution in [0.2, 0.25) is 0 Å². The highest BCUT2D eigenvalue weighted by molar-refractivity contribution is 5.04. The van der Waals surface area contributed by atoms with Crippen molar-refractivity contribution in [2.24, 2.45) is 11.1 Å². The summed E-state index contributed by atoms with van der Waals surface area (Å²) in [6, 6.07) is -0.757. The lowest BCUT2D eigenvalue weighted by molar-refractivity contribution is -0.191. The molecular weight excluding hydrogens is 143 g/mol. The van der Waals surface area contributed by atoms with Crippen molar-refractivity contribution in [3.8, 4) is 0 Å². The molecule has 0 heterocycles. The molecule has 2 N–H and O–H groups in total. The number of rotatable bonds is 1. The Morgan fingerprint density at radius 2 is 1.80 bits per heavy atom. The summed E-state index contributed by atoms with van der Waals surface area (Å²) < 4.78 is 36.2. The highest BCUT2D eigenvalue weighted by Gasteiger charge is 2.65. The minimum Gasteiger partial charge on any atom is -0.327 e. The van der Waals surface area contributed by atoms with Crippen molar-refractivity contribution < 1.29 is 13.2 Å². The van der Waals surface area contributed by atoms with Crippen molar-refractivity contribution in [3.05, 3.63) is 0 Å². The monoisotopic (exact) mass is 153 g/mol. The van der Waals surface area contributed by atoms with E-state index in [-0.39, 0.29) is 12.8 Å². The zero-order chi connectivity index (χ0) is 7.99. The van der Waals surface area contributed by atoms with Crippen molar-refractivity contribution in [3.63, 3.8) is 0 Å². The number of nitrogens with two attached hydrogens (primary N) is 1. The van der Waals surface area contributed by atoms with Gasteiger partial charge in [0.25, 0.3) is 0 Å². The fraction of sp³-hybridized carbons (Fsp3) is 1.00. The van der Waals surface area contributed by atoms with E-state index in [1.165, 1.54) is 6.92 Å². The van der Waals surface area contributed by atoms with Gasteiger partial charge in [-0.15, -0.1) is 0 Å².